The maximum absolute atomic E-state index is 12.8. The number of hydrogen-bond acceptors (Lipinski definition) is 9. The van der Waals surface area contributed by atoms with E-state index in [9.17, 15) is 4.79 Å². The monoisotopic (exact) mass is 466 g/mol. The average Bonchev–Trinajstić information content (AvgIpc) is 3.16. The van der Waals surface area contributed by atoms with Crippen molar-refractivity contribution in [1.29, 1.82) is 0 Å². The topological polar surface area (TPSA) is 115 Å². The molecule has 0 saturated carbocycles. The number of nitrogens with zero attached hydrogens (tertiary/aromatic N) is 4. The highest BCUT2D eigenvalue weighted by molar-refractivity contribution is 8.01. The van der Waals surface area contributed by atoms with Gasteiger partial charge in [-0.25, -0.2) is 4.99 Å². The van der Waals surface area contributed by atoms with Crippen LogP contribution in [-0.4, -0.2) is 40.5 Å². The second-order valence-electron chi connectivity index (χ2n) is 6.89. The van der Waals surface area contributed by atoms with Gasteiger partial charge in [0, 0.05) is 5.71 Å². The third-order valence-electron chi connectivity index (χ3n) is 4.82. The molecular formula is C22H22N6O2S2. The SMILES string of the molecule is CCC1=Nc2ccccc2N=C(NC(=O)CSc2nnc(N)s2)[C@H]1c1ccc(OC)cc1. The molecule has 0 spiro atoms. The highest BCUT2D eigenvalue weighted by Crippen LogP contribution is 2.35. The number of nitrogens with two attached hydrogens (primary N) is 1. The number of para-hydroxylation sites is 2. The number of amidine groups is 1. The number of thioether (sulfide) groups is 1. The summed E-state index contributed by atoms with van der Waals surface area (Å²) in [5.74, 6) is 1.00. The molecule has 8 nitrogen and oxygen atoms in total. The fourth-order valence-electron chi connectivity index (χ4n) is 3.34. The number of rotatable bonds is 6. The first-order valence-electron chi connectivity index (χ1n) is 9.98. The quantitative estimate of drug-likeness (QED) is 0.522. The van der Waals surface area contributed by atoms with Crippen molar-refractivity contribution in [3.05, 3.63) is 54.1 Å². The molecule has 1 atom stereocenters. The molecule has 1 aliphatic heterocycles. The third kappa shape index (κ3) is 4.97. The van der Waals surface area contributed by atoms with E-state index >= 15 is 0 Å². The highest BCUT2D eigenvalue weighted by Gasteiger charge is 2.28. The van der Waals surface area contributed by atoms with Crippen LogP contribution in [0.1, 0.15) is 24.8 Å². The Kier molecular flexibility index (Phi) is 6.81. The summed E-state index contributed by atoms with van der Waals surface area (Å²) in [7, 11) is 1.63. The van der Waals surface area contributed by atoms with Crippen LogP contribution in [0.4, 0.5) is 16.5 Å². The van der Waals surface area contributed by atoms with E-state index < -0.39 is 0 Å². The van der Waals surface area contributed by atoms with Crippen LogP contribution in [0.25, 0.3) is 0 Å². The van der Waals surface area contributed by atoms with Crippen LogP contribution in [0.15, 0.2) is 62.9 Å². The minimum Gasteiger partial charge on any atom is -0.497 e. The number of nitrogen functional groups attached to an aromatic ring is 1. The summed E-state index contributed by atoms with van der Waals surface area (Å²) in [5, 5.41) is 11.1. The van der Waals surface area contributed by atoms with E-state index in [2.05, 4.69) is 22.4 Å². The molecule has 2 heterocycles. The fourth-order valence-corrected chi connectivity index (χ4v) is 4.78. The molecule has 4 rings (SSSR count). The van der Waals surface area contributed by atoms with Gasteiger partial charge in [0.2, 0.25) is 11.0 Å². The number of aromatic nitrogens is 2. The van der Waals surface area contributed by atoms with Crippen LogP contribution in [-0.2, 0) is 4.79 Å². The predicted molar refractivity (Wildman–Crippen MR) is 130 cm³/mol. The van der Waals surface area contributed by atoms with Gasteiger partial charge in [0.05, 0.1) is 30.2 Å². The van der Waals surface area contributed by atoms with Crippen molar-refractivity contribution in [1.82, 2.24) is 15.5 Å². The Hall–Kier alpha value is -3.24. The number of hydrogen-bond donors (Lipinski definition) is 2. The molecule has 0 saturated heterocycles. The van der Waals surface area contributed by atoms with Gasteiger partial charge >= 0.3 is 0 Å². The summed E-state index contributed by atoms with van der Waals surface area (Å²) in [5.41, 5.74) is 9.02. The van der Waals surface area contributed by atoms with Gasteiger partial charge in [0.15, 0.2) is 4.34 Å². The highest BCUT2D eigenvalue weighted by atomic mass is 32.2. The lowest BCUT2D eigenvalue weighted by atomic mass is 9.91. The van der Waals surface area contributed by atoms with Gasteiger partial charge in [-0.3, -0.25) is 9.79 Å². The second kappa shape index (κ2) is 9.92. The summed E-state index contributed by atoms with van der Waals surface area (Å²) < 4.78 is 5.95. The molecule has 0 unspecified atom stereocenters. The third-order valence-corrected chi connectivity index (χ3v) is 6.71. The van der Waals surface area contributed by atoms with E-state index in [1.54, 1.807) is 7.11 Å². The van der Waals surface area contributed by atoms with Gasteiger partial charge in [-0.1, -0.05) is 54.3 Å². The molecule has 0 radical (unpaired) electrons. The Bertz CT molecular complexity index is 1170. The number of ether oxygens (including phenoxy) is 1. The zero-order valence-electron chi connectivity index (χ0n) is 17.6. The van der Waals surface area contributed by atoms with E-state index in [-0.39, 0.29) is 17.6 Å². The van der Waals surface area contributed by atoms with Crippen molar-refractivity contribution in [3.63, 3.8) is 0 Å². The first-order chi connectivity index (χ1) is 15.6. The fraction of sp³-hybridized carbons (Fsp3) is 0.227. The van der Waals surface area contributed by atoms with E-state index in [0.29, 0.717) is 27.4 Å². The van der Waals surface area contributed by atoms with E-state index in [1.165, 1.54) is 23.1 Å². The number of fused-ring (bicyclic) bond motifs is 1. The number of amides is 1. The van der Waals surface area contributed by atoms with Crippen LogP contribution in [0.3, 0.4) is 0 Å². The van der Waals surface area contributed by atoms with E-state index in [1.807, 2.05) is 48.5 Å². The minimum absolute atomic E-state index is 0.170. The Morgan fingerprint density at radius 2 is 1.84 bits per heavy atom. The minimum atomic E-state index is -0.288. The summed E-state index contributed by atoms with van der Waals surface area (Å²) >= 11 is 2.54. The Balaban J connectivity index is 1.66. The molecule has 2 aromatic carbocycles. The maximum atomic E-state index is 12.8. The zero-order valence-corrected chi connectivity index (χ0v) is 19.2. The number of benzene rings is 2. The zero-order chi connectivity index (χ0) is 22.5. The van der Waals surface area contributed by atoms with Crippen molar-refractivity contribution in [2.24, 2.45) is 9.98 Å². The van der Waals surface area contributed by atoms with Crippen molar-refractivity contribution >= 4 is 57.1 Å². The summed E-state index contributed by atoms with van der Waals surface area (Å²) in [6.07, 6.45) is 0.707. The van der Waals surface area contributed by atoms with Crippen molar-refractivity contribution in [2.75, 3.05) is 18.6 Å². The number of nitrogens with one attached hydrogen (secondary N) is 1. The van der Waals surface area contributed by atoms with Gasteiger partial charge < -0.3 is 15.8 Å². The van der Waals surface area contributed by atoms with Gasteiger partial charge in [-0.2, -0.15) is 0 Å². The van der Waals surface area contributed by atoms with Crippen LogP contribution < -0.4 is 15.8 Å². The Morgan fingerprint density at radius 3 is 2.47 bits per heavy atom. The van der Waals surface area contributed by atoms with Gasteiger partial charge in [0.1, 0.15) is 11.6 Å². The lowest BCUT2D eigenvalue weighted by Gasteiger charge is -2.21. The van der Waals surface area contributed by atoms with Crippen LogP contribution in [0.5, 0.6) is 5.75 Å². The molecule has 3 aromatic rings. The smallest absolute Gasteiger partial charge is 0.235 e. The van der Waals surface area contributed by atoms with Crippen LogP contribution >= 0.6 is 23.1 Å². The lowest BCUT2D eigenvalue weighted by molar-refractivity contribution is -0.117. The molecule has 1 aliphatic rings. The molecule has 3 N–H and O–H groups in total. The summed E-state index contributed by atoms with van der Waals surface area (Å²) in [6, 6.07) is 15.4. The summed E-state index contributed by atoms with van der Waals surface area (Å²) in [6.45, 7) is 2.05. The van der Waals surface area contributed by atoms with Crippen molar-refractivity contribution < 1.29 is 9.53 Å². The number of anilines is 1. The van der Waals surface area contributed by atoms with Crippen molar-refractivity contribution in [2.45, 2.75) is 23.6 Å². The number of methoxy groups -OCH3 is 1. The van der Waals surface area contributed by atoms with Gasteiger partial charge in [-0.15, -0.1) is 10.2 Å². The average molecular weight is 467 g/mol. The molecular weight excluding hydrogens is 444 g/mol. The second-order valence-corrected chi connectivity index (χ2v) is 9.12. The van der Waals surface area contributed by atoms with Crippen LogP contribution in [0, 0.1) is 0 Å². The van der Waals surface area contributed by atoms with Crippen molar-refractivity contribution in [3.8, 4) is 5.75 Å². The predicted octanol–water partition coefficient (Wildman–Crippen LogP) is 4.35. The summed E-state index contributed by atoms with van der Waals surface area (Å²) in [4.78, 5) is 22.6. The molecule has 164 valence electrons. The Labute approximate surface area is 194 Å². The molecule has 32 heavy (non-hydrogen) atoms. The largest absolute Gasteiger partial charge is 0.497 e. The number of aliphatic imine (C=N–C) groups is 2. The number of carbonyl (C=O) groups is 1. The van der Waals surface area contributed by atoms with Gasteiger partial charge in [0.25, 0.3) is 0 Å². The van der Waals surface area contributed by atoms with Gasteiger partial charge in [-0.05, 0) is 36.2 Å². The van der Waals surface area contributed by atoms with E-state index in [0.717, 1.165) is 22.7 Å². The lowest BCUT2D eigenvalue weighted by Crippen LogP contribution is -2.38. The molecule has 1 amide bonds. The Morgan fingerprint density at radius 1 is 1.12 bits per heavy atom. The molecule has 10 heteroatoms. The van der Waals surface area contributed by atoms with Crippen LogP contribution in [0.2, 0.25) is 0 Å². The standard InChI is InChI=1S/C22H22N6O2S2/c1-3-15-19(13-8-10-14(30-2)11-9-13)20(25-17-7-5-4-6-16(17)24-15)26-18(29)12-31-22-28-27-21(23)32-22/h4-11,19H,3,12H2,1-2H3,(H2,23,27)(H,25,26,29)/t19-/m0/s1. The normalized spacial score (nSPS) is 15.2. The maximum Gasteiger partial charge on any atom is 0.235 e. The number of carbonyl (C=O) groups excluding carboxylic acids is 1. The molecule has 1 aromatic heterocycles. The molecule has 0 fully saturated rings. The van der Waals surface area contributed by atoms with E-state index in [4.69, 9.17) is 20.5 Å². The molecule has 0 bridgehead atoms. The molecule has 0 aliphatic carbocycles. The first kappa shape index (κ1) is 22.0. The first-order valence-corrected chi connectivity index (χ1v) is 11.8.